The Hall–Kier alpha value is -3.95. The summed E-state index contributed by atoms with van der Waals surface area (Å²) in [6.45, 7) is 1.85. The predicted molar refractivity (Wildman–Crippen MR) is 134 cm³/mol. The zero-order valence-corrected chi connectivity index (χ0v) is 19.2. The van der Waals surface area contributed by atoms with Gasteiger partial charge in [-0.2, -0.15) is 9.61 Å². The summed E-state index contributed by atoms with van der Waals surface area (Å²) in [5, 5.41) is 19.6. The van der Waals surface area contributed by atoms with E-state index in [1.54, 1.807) is 16.6 Å². The van der Waals surface area contributed by atoms with Gasteiger partial charge in [-0.25, -0.2) is 0 Å². The highest BCUT2D eigenvalue weighted by Crippen LogP contribution is 2.31. The topological polar surface area (TPSA) is 84.2 Å². The molecule has 0 saturated carbocycles. The van der Waals surface area contributed by atoms with E-state index in [-0.39, 0.29) is 11.0 Å². The molecule has 0 fully saturated rings. The Bertz CT molecular complexity index is 1460. The monoisotopic (exact) mass is 470 g/mol. The lowest BCUT2D eigenvalue weighted by atomic mass is 10.0. The summed E-state index contributed by atoms with van der Waals surface area (Å²) in [5.74, 6) is 0.443. The van der Waals surface area contributed by atoms with Crippen LogP contribution in [-0.4, -0.2) is 30.8 Å². The van der Waals surface area contributed by atoms with Crippen molar-refractivity contribution in [3.05, 3.63) is 90.3 Å². The van der Waals surface area contributed by atoms with E-state index in [2.05, 4.69) is 25.9 Å². The van der Waals surface area contributed by atoms with Crippen LogP contribution in [0.25, 0.3) is 26.7 Å². The molecule has 5 rings (SSSR count). The van der Waals surface area contributed by atoms with Crippen LogP contribution in [0.3, 0.4) is 0 Å². The normalized spacial score (nSPS) is 10.8. The van der Waals surface area contributed by atoms with Gasteiger partial charge in [-0.3, -0.25) is 10.1 Å². The fourth-order valence-corrected chi connectivity index (χ4v) is 4.50. The van der Waals surface area contributed by atoms with Crippen LogP contribution in [-0.2, 0) is 0 Å². The molecule has 0 aliphatic rings. The molecule has 3 aromatic carbocycles. The third-order valence-corrected chi connectivity index (χ3v) is 6.17. The van der Waals surface area contributed by atoms with Gasteiger partial charge in [0.1, 0.15) is 5.01 Å². The third-order valence-electron chi connectivity index (χ3n) is 5.03. The van der Waals surface area contributed by atoms with Gasteiger partial charge in [-0.1, -0.05) is 65.9 Å². The number of fused-ring (bicyclic) bond motifs is 1. The molecule has 0 saturated heterocycles. The van der Waals surface area contributed by atoms with Crippen molar-refractivity contribution in [1.29, 1.82) is 0 Å². The maximum atomic E-state index is 12.7. The number of carbonyl (C=O) groups excluding carboxylic acids is 1. The molecular formula is C24H18N6OS2. The number of amides is 1. The summed E-state index contributed by atoms with van der Waals surface area (Å²) >= 11 is 6.84. The number of para-hydroxylation sites is 1. The number of aromatic nitrogens is 4. The predicted octanol–water partition coefficient (Wildman–Crippen LogP) is 4.96. The second-order valence-corrected chi connectivity index (χ2v) is 8.61. The van der Waals surface area contributed by atoms with Gasteiger partial charge in [-0.05, 0) is 54.5 Å². The molecule has 0 unspecified atom stereocenters. The molecule has 0 aliphatic carbocycles. The van der Waals surface area contributed by atoms with Gasteiger partial charge in [0.2, 0.25) is 4.96 Å². The van der Waals surface area contributed by atoms with Crippen LogP contribution < -0.4 is 10.6 Å². The van der Waals surface area contributed by atoms with Crippen molar-refractivity contribution in [1.82, 2.24) is 25.1 Å². The Balaban J connectivity index is 1.30. The first kappa shape index (κ1) is 20.9. The first-order valence-electron chi connectivity index (χ1n) is 10.1. The van der Waals surface area contributed by atoms with Crippen molar-refractivity contribution in [2.45, 2.75) is 6.92 Å². The van der Waals surface area contributed by atoms with Gasteiger partial charge < -0.3 is 5.32 Å². The van der Waals surface area contributed by atoms with Crippen LogP contribution in [0.1, 0.15) is 16.2 Å². The number of aryl methyl sites for hydroxylation is 1. The lowest BCUT2D eigenvalue weighted by Gasteiger charge is -2.12. The average Bonchev–Trinajstić information content (AvgIpc) is 3.42. The van der Waals surface area contributed by atoms with Crippen LogP contribution in [0, 0.1) is 6.92 Å². The molecule has 33 heavy (non-hydrogen) atoms. The van der Waals surface area contributed by atoms with E-state index in [1.165, 1.54) is 11.3 Å². The highest BCUT2D eigenvalue weighted by molar-refractivity contribution is 7.80. The Morgan fingerprint density at radius 1 is 0.909 bits per heavy atom. The summed E-state index contributed by atoms with van der Waals surface area (Å²) in [6, 6.07) is 25.1. The second kappa shape index (κ2) is 8.89. The average molecular weight is 471 g/mol. The Kier molecular flexibility index (Phi) is 5.64. The second-order valence-electron chi connectivity index (χ2n) is 7.25. The first-order chi connectivity index (χ1) is 16.1. The van der Waals surface area contributed by atoms with Crippen molar-refractivity contribution in [2.75, 3.05) is 5.32 Å². The molecule has 0 aliphatic heterocycles. The number of benzene rings is 3. The molecule has 7 nitrogen and oxygen atoms in total. The van der Waals surface area contributed by atoms with E-state index in [1.807, 2.05) is 73.7 Å². The molecule has 2 heterocycles. The van der Waals surface area contributed by atoms with Gasteiger partial charge >= 0.3 is 0 Å². The SMILES string of the molecule is Cc1nnc2sc(-c3ccccc3NC(=S)NC(=O)c3ccc(-c4ccccc4)cc3)nn12. The van der Waals surface area contributed by atoms with E-state index < -0.39 is 0 Å². The molecule has 1 amide bonds. The molecule has 0 radical (unpaired) electrons. The smallest absolute Gasteiger partial charge is 0.257 e. The Morgan fingerprint density at radius 2 is 1.61 bits per heavy atom. The molecule has 2 N–H and O–H groups in total. The number of nitrogens with zero attached hydrogens (tertiary/aromatic N) is 4. The largest absolute Gasteiger partial charge is 0.332 e. The minimum absolute atomic E-state index is 0.207. The Morgan fingerprint density at radius 3 is 2.36 bits per heavy atom. The highest BCUT2D eigenvalue weighted by atomic mass is 32.1. The number of nitrogens with one attached hydrogen (secondary N) is 2. The van der Waals surface area contributed by atoms with Crippen molar-refractivity contribution < 1.29 is 4.79 Å². The fraction of sp³-hybridized carbons (Fsp3) is 0.0417. The van der Waals surface area contributed by atoms with Crippen LogP contribution in [0.15, 0.2) is 78.9 Å². The number of thiocarbonyl (C=S) groups is 1. The Labute approximate surface area is 199 Å². The van der Waals surface area contributed by atoms with Gasteiger partial charge in [0, 0.05) is 11.1 Å². The maximum absolute atomic E-state index is 12.7. The summed E-state index contributed by atoms with van der Waals surface area (Å²) < 4.78 is 1.70. The summed E-state index contributed by atoms with van der Waals surface area (Å²) in [6.07, 6.45) is 0. The van der Waals surface area contributed by atoms with Crippen LogP contribution in [0.4, 0.5) is 5.69 Å². The number of hydrogen-bond donors (Lipinski definition) is 2. The summed E-state index contributed by atoms with van der Waals surface area (Å²) in [4.78, 5) is 13.4. The third kappa shape index (κ3) is 4.36. The minimum atomic E-state index is -0.279. The quantitative estimate of drug-likeness (QED) is 0.362. The summed E-state index contributed by atoms with van der Waals surface area (Å²) in [7, 11) is 0. The molecule has 0 spiro atoms. The van der Waals surface area contributed by atoms with Crippen LogP contribution in [0.2, 0.25) is 0 Å². The lowest BCUT2D eigenvalue weighted by Crippen LogP contribution is -2.34. The molecule has 9 heteroatoms. The van der Waals surface area contributed by atoms with E-state index in [4.69, 9.17) is 12.2 Å². The van der Waals surface area contributed by atoms with E-state index in [0.29, 0.717) is 10.5 Å². The van der Waals surface area contributed by atoms with Gasteiger partial charge in [-0.15, -0.1) is 10.2 Å². The van der Waals surface area contributed by atoms with Crippen LogP contribution >= 0.6 is 23.6 Å². The molecular weight excluding hydrogens is 452 g/mol. The van der Waals surface area contributed by atoms with Gasteiger partial charge in [0.05, 0.1) is 5.69 Å². The number of anilines is 1. The van der Waals surface area contributed by atoms with E-state index in [9.17, 15) is 4.79 Å². The number of hydrogen-bond acceptors (Lipinski definition) is 6. The fourth-order valence-electron chi connectivity index (χ4n) is 3.38. The molecule has 0 bridgehead atoms. The lowest BCUT2D eigenvalue weighted by molar-refractivity contribution is 0.0978. The van der Waals surface area contributed by atoms with E-state index in [0.717, 1.165) is 33.2 Å². The molecule has 2 aromatic heterocycles. The van der Waals surface area contributed by atoms with E-state index >= 15 is 0 Å². The number of rotatable bonds is 4. The standard InChI is InChI=1S/C24H18N6OS2/c1-15-27-28-24-30(15)29-22(33-24)19-9-5-6-10-20(19)25-23(32)26-21(31)18-13-11-17(12-14-18)16-7-3-2-4-8-16/h2-14H,1H3,(H2,25,26,31,32). The molecule has 162 valence electrons. The van der Waals surface area contributed by atoms with Crippen molar-refractivity contribution in [2.24, 2.45) is 0 Å². The summed E-state index contributed by atoms with van der Waals surface area (Å²) in [5.41, 5.74) is 4.26. The highest BCUT2D eigenvalue weighted by Gasteiger charge is 2.15. The zero-order valence-electron chi connectivity index (χ0n) is 17.5. The first-order valence-corrected chi connectivity index (χ1v) is 11.4. The van der Waals surface area contributed by atoms with Crippen molar-refractivity contribution >= 4 is 45.2 Å². The molecule has 5 aromatic rings. The van der Waals surface area contributed by atoms with Gasteiger partial charge in [0.15, 0.2) is 10.9 Å². The van der Waals surface area contributed by atoms with Crippen LogP contribution in [0.5, 0.6) is 0 Å². The number of carbonyl (C=O) groups is 1. The zero-order chi connectivity index (χ0) is 22.8. The van der Waals surface area contributed by atoms with Crippen molar-refractivity contribution in [3.8, 4) is 21.7 Å². The molecule has 0 atom stereocenters. The maximum Gasteiger partial charge on any atom is 0.257 e. The van der Waals surface area contributed by atoms with Crippen molar-refractivity contribution in [3.63, 3.8) is 0 Å². The van der Waals surface area contributed by atoms with Gasteiger partial charge in [0.25, 0.3) is 5.91 Å². The minimum Gasteiger partial charge on any atom is -0.332 e.